The summed E-state index contributed by atoms with van der Waals surface area (Å²) in [6.45, 7) is 1.12. The van der Waals surface area contributed by atoms with Crippen molar-refractivity contribution in [3.8, 4) is 6.07 Å². The first kappa shape index (κ1) is 7.82. The predicted octanol–water partition coefficient (Wildman–Crippen LogP) is 1.69. The second-order valence-corrected chi connectivity index (χ2v) is 3.61. The Bertz CT molecular complexity index is 226. The fraction of sp³-hybridized carbons (Fsp3) is 0.700. The average Bonchev–Trinajstić information content (AvgIpc) is 2.17. The van der Waals surface area contributed by atoms with E-state index >= 15 is 0 Å². The molecule has 0 aliphatic carbocycles. The normalized spacial score (nSPS) is 35.6. The van der Waals surface area contributed by atoms with Crippen LogP contribution in [0.3, 0.4) is 0 Å². The van der Waals surface area contributed by atoms with Crippen molar-refractivity contribution in [2.45, 2.75) is 37.8 Å². The largest absolute Gasteiger partial charge is 0.281 e. The van der Waals surface area contributed by atoms with E-state index in [0.29, 0.717) is 6.04 Å². The van der Waals surface area contributed by atoms with Gasteiger partial charge >= 0.3 is 0 Å². The highest BCUT2D eigenvalue weighted by molar-refractivity contribution is 5.10. The summed E-state index contributed by atoms with van der Waals surface area (Å²) >= 11 is 0. The molecular formula is C10H14N2. The molecule has 0 radical (unpaired) electrons. The van der Waals surface area contributed by atoms with Crippen molar-refractivity contribution < 1.29 is 0 Å². The first-order chi connectivity index (χ1) is 5.92. The van der Waals surface area contributed by atoms with Crippen LogP contribution in [0.15, 0.2) is 12.2 Å². The molecule has 1 fully saturated rings. The van der Waals surface area contributed by atoms with E-state index in [0.717, 1.165) is 13.0 Å². The molecule has 0 bridgehead atoms. The van der Waals surface area contributed by atoms with Crippen LogP contribution in [0.5, 0.6) is 0 Å². The molecular weight excluding hydrogens is 148 g/mol. The highest BCUT2D eigenvalue weighted by Crippen LogP contribution is 2.25. The lowest BCUT2D eigenvalue weighted by atomic mass is 9.95. The maximum absolute atomic E-state index is 8.90. The number of hydrogen-bond donors (Lipinski definition) is 0. The van der Waals surface area contributed by atoms with Crippen molar-refractivity contribution in [2.75, 3.05) is 6.54 Å². The van der Waals surface area contributed by atoms with Gasteiger partial charge in [-0.2, -0.15) is 5.26 Å². The van der Waals surface area contributed by atoms with Gasteiger partial charge in [-0.3, -0.25) is 4.90 Å². The van der Waals surface area contributed by atoms with E-state index in [-0.39, 0.29) is 6.04 Å². The summed E-state index contributed by atoms with van der Waals surface area (Å²) in [6.07, 6.45) is 9.20. The molecule has 2 aliphatic heterocycles. The summed E-state index contributed by atoms with van der Waals surface area (Å²) in [5.74, 6) is 0. The summed E-state index contributed by atoms with van der Waals surface area (Å²) in [4.78, 5) is 2.35. The standard InChI is InChI=1S/C10H14N2/c11-8-10-6-3-5-9-4-1-2-7-12(9)10/h3,5,9-10H,1-2,4,6-7H2. The van der Waals surface area contributed by atoms with Gasteiger partial charge < -0.3 is 0 Å². The van der Waals surface area contributed by atoms with E-state index in [1.807, 2.05) is 0 Å². The molecule has 0 spiro atoms. The first-order valence-corrected chi connectivity index (χ1v) is 4.74. The summed E-state index contributed by atoms with van der Waals surface area (Å²) < 4.78 is 0. The Balaban J connectivity index is 2.13. The topological polar surface area (TPSA) is 27.0 Å². The van der Waals surface area contributed by atoms with Crippen LogP contribution in [0.1, 0.15) is 25.7 Å². The van der Waals surface area contributed by atoms with E-state index in [1.165, 1.54) is 19.3 Å². The van der Waals surface area contributed by atoms with Gasteiger partial charge in [0.2, 0.25) is 0 Å². The number of nitrogens with zero attached hydrogens (tertiary/aromatic N) is 2. The third kappa shape index (κ3) is 1.25. The second kappa shape index (κ2) is 3.28. The van der Waals surface area contributed by atoms with Crippen LogP contribution < -0.4 is 0 Å². The molecule has 12 heavy (non-hydrogen) atoms. The quantitative estimate of drug-likeness (QED) is 0.507. The number of fused-ring (bicyclic) bond motifs is 1. The molecule has 2 nitrogen and oxygen atoms in total. The summed E-state index contributed by atoms with van der Waals surface area (Å²) in [5, 5.41) is 8.90. The van der Waals surface area contributed by atoms with Gasteiger partial charge in [0.05, 0.1) is 6.07 Å². The van der Waals surface area contributed by atoms with E-state index in [9.17, 15) is 0 Å². The molecule has 64 valence electrons. The predicted molar refractivity (Wildman–Crippen MR) is 47.5 cm³/mol. The zero-order valence-corrected chi connectivity index (χ0v) is 7.24. The van der Waals surface area contributed by atoms with Gasteiger partial charge in [-0.05, 0) is 19.3 Å². The smallest absolute Gasteiger partial charge is 0.102 e. The Hall–Kier alpha value is -0.810. The highest BCUT2D eigenvalue weighted by Gasteiger charge is 2.28. The molecule has 2 atom stereocenters. The number of nitriles is 1. The molecule has 2 rings (SSSR count). The minimum atomic E-state index is 0.153. The van der Waals surface area contributed by atoms with Crippen LogP contribution in [0, 0.1) is 11.3 Å². The van der Waals surface area contributed by atoms with Crippen molar-refractivity contribution in [1.29, 1.82) is 5.26 Å². The van der Waals surface area contributed by atoms with Crippen molar-refractivity contribution in [2.24, 2.45) is 0 Å². The molecule has 1 saturated heterocycles. The van der Waals surface area contributed by atoms with Crippen LogP contribution in [-0.4, -0.2) is 23.5 Å². The molecule has 2 heterocycles. The fourth-order valence-corrected chi connectivity index (χ4v) is 2.20. The van der Waals surface area contributed by atoms with Gasteiger partial charge in [-0.15, -0.1) is 0 Å². The number of hydrogen-bond acceptors (Lipinski definition) is 2. The zero-order chi connectivity index (χ0) is 8.39. The first-order valence-electron chi connectivity index (χ1n) is 4.74. The zero-order valence-electron chi connectivity index (χ0n) is 7.24. The fourth-order valence-electron chi connectivity index (χ4n) is 2.20. The molecule has 2 unspecified atom stereocenters. The monoisotopic (exact) mass is 162 g/mol. The average molecular weight is 162 g/mol. The molecule has 0 amide bonds. The lowest BCUT2D eigenvalue weighted by molar-refractivity contribution is 0.141. The third-order valence-corrected chi connectivity index (χ3v) is 2.86. The van der Waals surface area contributed by atoms with Gasteiger partial charge in [0.25, 0.3) is 0 Å². The van der Waals surface area contributed by atoms with Crippen molar-refractivity contribution in [1.82, 2.24) is 4.90 Å². The van der Waals surface area contributed by atoms with E-state index in [2.05, 4.69) is 23.1 Å². The molecule has 0 aromatic rings. The summed E-state index contributed by atoms with van der Waals surface area (Å²) in [6, 6.07) is 3.10. The number of rotatable bonds is 0. The van der Waals surface area contributed by atoms with Crippen LogP contribution in [0.25, 0.3) is 0 Å². The molecule has 2 aliphatic rings. The van der Waals surface area contributed by atoms with Crippen molar-refractivity contribution in [3.05, 3.63) is 12.2 Å². The Morgan fingerprint density at radius 3 is 3.17 bits per heavy atom. The Morgan fingerprint density at radius 2 is 2.33 bits per heavy atom. The molecule has 2 heteroatoms. The Morgan fingerprint density at radius 1 is 1.42 bits per heavy atom. The van der Waals surface area contributed by atoms with E-state index < -0.39 is 0 Å². The van der Waals surface area contributed by atoms with Crippen LogP contribution >= 0.6 is 0 Å². The molecule has 0 N–H and O–H groups in total. The molecule has 0 saturated carbocycles. The SMILES string of the molecule is N#CC1CC=CC2CCCCN12. The Labute approximate surface area is 73.5 Å². The molecule has 0 aromatic heterocycles. The molecule has 0 aromatic carbocycles. The maximum Gasteiger partial charge on any atom is 0.102 e. The van der Waals surface area contributed by atoms with Gasteiger partial charge in [-0.1, -0.05) is 18.6 Å². The lowest BCUT2D eigenvalue weighted by Gasteiger charge is -2.39. The third-order valence-electron chi connectivity index (χ3n) is 2.86. The summed E-state index contributed by atoms with van der Waals surface area (Å²) in [7, 11) is 0. The maximum atomic E-state index is 8.90. The number of piperidine rings is 1. The van der Waals surface area contributed by atoms with Crippen LogP contribution in [0.2, 0.25) is 0 Å². The lowest BCUT2D eigenvalue weighted by Crippen LogP contribution is -2.46. The summed E-state index contributed by atoms with van der Waals surface area (Å²) in [5.41, 5.74) is 0. The van der Waals surface area contributed by atoms with Crippen LogP contribution in [0.4, 0.5) is 0 Å². The van der Waals surface area contributed by atoms with Crippen LogP contribution in [-0.2, 0) is 0 Å². The van der Waals surface area contributed by atoms with Gasteiger partial charge in [0.1, 0.15) is 6.04 Å². The Kier molecular flexibility index (Phi) is 2.14. The minimum absolute atomic E-state index is 0.153. The highest BCUT2D eigenvalue weighted by atomic mass is 15.2. The minimum Gasteiger partial charge on any atom is -0.281 e. The van der Waals surface area contributed by atoms with Crippen molar-refractivity contribution >= 4 is 0 Å². The van der Waals surface area contributed by atoms with E-state index in [4.69, 9.17) is 5.26 Å². The van der Waals surface area contributed by atoms with Gasteiger partial charge in [0, 0.05) is 12.6 Å². The van der Waals surface area contributed by atoms with Gasteiger partial charge in [-0.25, -0.2) is 0 Å². The van der Waals surface area contributed by atoms with Crippen molar-refractivity contribution in [3.63, 3.8) is 0 Å². The van der Waals surface area contributed by atoms with Gasteiger partial charge in [0.15, 0.2) is 0 Å². The second-order valence-electron chi connectivity index (χ2n) is 3.61. The van der Waals surface area contributed by atoms with E-state index in [1.54, 1.807) is 0 Å².